The summed E-state index contributed by atoms with van der Waals surface area (Å²) < 4.78 is 12.6. The van der Waals surface area contributed by atoms with Crippen LogP contribution in [0.2, 0.25) is 0 Å². The Balaban J connectivity index is 1.17. The molecule has 6 aromatic carbocycles. The van der Waals surface area contributed by atoms with Crippen molar-refractivity contribution in [2.45, 2.75) is 0 Å². The molecule has 0 spiro atoms. The fourth-order valence-corrected chi connectivity index (χ4v) is 6.85. The number of pyridine rings is 1. The van der Waals surface area contributed by atoms with Crippen LogP contribution in [0.4, 0.5) is 0 Å². The molecular weight excluding hydrogens is 617 g/mol. The lowest BCUT2D eigenvalue weighted by Crippen LogP contribution is -2.00. The van der Waals surface area contributed by atoms with Crippen molar-refractivity contribution in [2.75, 3.05) is 0 Å². The van der Waals surface area contributed by atoms with Crippen LogP contribution in [0, 0.1) is 0 Å². The molecule has 0 atom stereocenters. The second-order valence-corrected chi connectivity index (χ2v) is 12.2. The molecule has 0 bridgehead atoms. The highest BCUT2D eigenvalue weighted by Gasteiger charge is 2.20. The van der Waals surface area contributed by atoms with Crippen molar-refractivity contribution in [2.24, 2.45) is 0 Å². The Hall–Kier alpha value is -6.92. The van der Waals surface area contributed by atoms with Gasteiger partial charge in [0.2, 0.25) is 0 Å². The number of rotatable bonds is 5. The van der Waals surface area contributed by atoms with Crippen molar-refractivity contribution in [1.29, 1.82) is 0 Å². The fourth-order valence-electron chi connectivity index (χ4n) is 6.85. The molecule has 0 aliphatic carbocycles. The molecule has 0 unspecified atom stereocenters. The Morgan fingerprint density at radius 2 is 0.940 bits per heavy atom. The van der Waals surface area contributed by atoms with Crippen molar-refractivity contribution in [3.05, 3.63) is 158 Å². The highest BCUT2D eigenvalue weighted by atomic mass is 16.3. The van der Waals surface area contributed by atoms with Crippen LogP contribution in [0.1, 0.15) is 0 Å². The first-order valence-electron chi connectivity index (χ1n) is 16.5. The molecule has 6 nitrogen and oxygen atoms in total. The van der Waals surface area contributed by atoms with Crippen LogP contribution in [-0.2, 0) is 0 Å². The summed E-state index contributed by atoms with van der Waals surface area (Å²) in [5.74, 6) is 1.73. The third-order valence-electron chi connectivity index (χ3n) is 9.23. The average Bonchev–Trinajstić information content (AvgIpc) is 3.77. The quantitative estimate of drug-likeness (QED) is 0.186. The van der Waals surface area contributed by atoms with Crippen LogP contribution in [0.3, 0.4) is 0 Å². The van der Waals surface area contributed by atoms with Gasteiger partial charge in [0, 0.05) is 50.0 Å². The van der Waals surface area contributed by atoms with E-state index < -0.39 is 0 Å². The Morgan fingerprint density at radius 1 is 0.360 bits per heavy atom. The summed E-state index contributed by atoms with van der Waals surface area (Å²) in [7, 11) is 0. The zero-order chi connectivity index (χ0) is 33.0. The second kappa shape index (κ2) is 11.4. The van der Waals surface area contributed by atoms with Gasteiger partial charge >= 0.3 is 0 Å². The standard InChI is InChI=1S/C44H26N4O2/c1-2-10-29(11-3-1)42-46-43(32-13-8-17-38-40(32)31-12-4-5-16-36(31)49-38)48-44(47-42)33-14-9-18-39-41(33)34-26-30(23-24-37(34)50-39)27-19-21-28(22-20-27)35-15-6-7-25-45-35/h1-26H. The zero-order valence-corrected chi connectivity index (χ0v) is 26.6. The van der Waals surface area contributed by atoms with Crippen molar-refractivity contribution < 1.29 is 8.83 Å². The van der Waals surface area contributed by atoms with Gasteiger partial charge in [0.1, 0.15) is 22.3 Å². The van der Waals surface area contributed by atoms with Crippen LogP contribution in [0.15, 0.2) is 167 Å². The number of hydrogen-bond donors (Lipinski definition) is 0. The molecule has 0 fully saturated rings. The van der Waals surface area contributed by atoms with E-state index in [2.05, 4.69) is 59.6 Å². The maximum absolute atomic E-state index is 6.42. The van der Waals surface area contributed by atoms with Crippen LogP contribution in [0.25, 0.3) is 100 Å². The van der Waals surface area contributed by atoms with Crippen LogP contribution in [-0.4, -0.2) is 19.9 Å². The fraction of sp³-hybridized carbons (Fsp3) is 0. The van der Waals surface area contributed by atoms with E-state index in [0.29, 0.717) is 17.5 Å². The van der Waals surface area contributed by atoms with Gasteiger partial charge in [0.25, 0.3) is 0 Å². The number of fused-ring (bicyclic) bond motifs is 6. The first-order chi connectivity index (χ1) is 24.8. The average molecular weight is 643 g/mol. The number of benzene rings is 6. The minimum absolute atomic E-state index is 0.567. The molecule has 0 saturated carbocycles. The largest absolute Gasteiger partial charge is 0.456 e. The Bertz CT molecular complexity index is 2860. The van der Waals surface area contributed by atoms with E-state index in [0.717, 1.165) is 83.0 Å². The van der Waals surface area contributed by atoms with Crippen molar-refractivity contribution in [3.8, 4) is 56.5 Å². The van der Waals surface area contributed by atoms with Crippen LogP contribution < -0.4 is 0 Å². The number of furan rings is 2. The molecule has 0 saturated heterocycles. The first-order valence-corrected chi connectivity index (χ1v) is 16.5. The molecule has 0 amide bonds. The summed E-state index contributed by atoms with van der Waals surface area (Å²) in [5.41, 5.74) is 10.1. The van der Waals surface area contributed by atoms with Crippen molar-refractivity contribution >= 4 is 43.9 Å². The maximum Gasteiger partial charge on any atom is 0.164 e. The predicted molar refractivity (Wildman–Crippen MR) is 199 cm³/mol. The third kappa shape index (κ3) is 4.65. The summed E-state index contributed by atoms with van der Waals surface area (Å²) in [5, 5.41) is 3.94. The van der Waals surface area contributed by atoms with Crippen LogP contribution >= 0.6 is 0 Å². The lowest BCUT2D eigenvalue weighted by Gasteiger charge is -2.10. The third-order valence-corrected chi connectivity index (χ3v) is 9.23. The second-order valence-electron chi connectivity index (χ2n) is 12.2. The van der Waals surface area contributed by atoms with Gasteiger partial charge in [-0.05, 0) is 53.6 Å². The van der Waals surface area contributed by atoms with E-state index in [4.69, 9.17) is 23.8 Å². The van der Waals surface area contributed by atoms with E-state index in [9.17, 15) is 0 Å². The monoisotopic (exact) mass is 642 g/mol. The highest BCUT2D eigenvalue weighted by Crippen LogP contribution is 2.40. The summed E-state index contributed by atoms with van der Waals surface area (Å²) in [6.45, 7) is 0. The highest BCUT2D eigenvalue weighted by molar-refractivity contribution is 6.14. The Labute approximate surface area is 286 Å². The minimum atomic E-state index is 0.567. The smallest absolute Gasteiger partial charge is 0.164 e. The van der Waals surface area contributed by atoms with Crippen molar-refractivity contribution in [1.82, 2.24) is 19.9 Å². The van der Waals surface area contributed by atoms with Gasteiger partial charge in [-0.1, -0.05) is 109 Å². The van der Waals surface area contributed by atoms with Gasteiger partial charge in [0.05, 0.1) is 5.69 Å². The lowest BCUT2D eigenvalue weighted by atomic mass is 9.99. The van der Waals surface area contributed by atoms with E-state index in [1.807, 2.05) is 103 Å². The van der Waals surface area contributed by atoms with Gasteiger partial charge in [-0.25, -0.2) is 15.0 Å². The normalized spacial score (nSPS) is 11.6. The molecule has 0 aliphatic rings. The number of aromatic nitrogens is 4. The SMILES string of the molecule is c1ccc(-c2nc(-c3cccc4oc5ccccc5c34)nc(-c3cccc4oc5ccc(-c6ccc(-c7ccccn7)cc6)cc5c34)n2)cc1. The molecule has 6 heteroatoms. The maximum atomic E-state index is 6.42. The van der Waals surface area contributed by atoms with Gasteiger partial charge in [0.15, 0.2) is 17.5 Å². The molecule has 4 aromatic heterocycles. The Morgan fingerprint density at radius 3 is 1.66 bits per heavy atom. The van der Waals surface area contributed by atoms with Gasteiger partial charge in [-0.3, -0.25) is 4.98 Å². The van der Waals surface area contributed by atoms with Crippen molar-refractivity contribution in [3.63, 3.8) is 0 Å². The summed E-state index contributed by atoms with van der Waals surface area (Å²) >= 11 is 0. The number of para-hydroxylation sites is 1. The zero-order valence-electron chi connectivity index (χ0n) is 26.6. The van der Waals surface area contributed by atoms with E-state index in [1.54, 1.807) is 0 Å². The molecule has 234 valence electrons. The Kier molecular flexibility index (Phi) is 6.39. The van der Waals surface area contributed by atoms with E-state index in [1.165, 1.54) is 0 Å². The molecule has 10 aromatic rings. The van der Waals surface area contributed by atoms with E-state index >= 15 is 0 Å². The van der Waals surface area contributed by atoms with Gasteiger partial charge in [-0.2, -0.15) is 0 Å². The summed E-state index contributed by atoms with van der Waals surface area (Å²) in [6, 6.07) is 51.0. The van der Waals surface area contributed by atoms with Crippen LogP contribution in [0.5, 0.6) is 0 Å². The molecule has 0 radical (unpaired) electrons. The predicted octanol–water partition coefficient (Wildman–Crippen LogP) is 11.4. The molecule has 4 heterocycles. The summed E-state index contributed by atoms with van der Waals surface area (Å²) in [6.07, 6.45) is 1.82. The molecule has 10 rings (SSSR count). The summed E-state index contributed by atoms with van der Waals surface area (Å²) in [4.78, 5) is 19.8. The number of hydrogen-bond acceptors (Lipinski definition) is 6. The molecule has 0 N–H and O–H groups in total. The number of nitrogens with zero attached hydrogens (tertiary/aromatic N) is 4. The molecule has 0 aliphatic heterocycles. The molecule has 50 heavy (non-hydrogen) atoms. The van der Waals surface area contributed by atoms with Gasteiger partial charge < -0.3 is 8.83 Å². The topological polar surface area (TPSA) is 77.8 Å². The van der Waals surface area contributed by atoms with Gasteiger partial charge in [-0.15, -0.1) is 0 Å². The lowest BCUT2D eigenvalue weighted by molar-refractivity contribution is 0.668. The first kappa shape index (κ1) is 28.1. The van der Waals surface area contributed by atoms with E-state index in [-0.39, 0.29) is 0 Å². The minimum Gasteiger partial charge on any atom is -0.456 e. The molecular formula is C44H26N4O2.